The van der Waals surface area contributed by atoms with E-state index in [4.69, 9.17) is 13.9 Å². The lowest BCUT2D eigenvalue weighted by molar-refractivity contribution is -0.143. The predicted molar refractivity (Wildman–Crippen MR) is 147 cm³/mol. The number of rotatable bonds is 6. The average molecular weight is 543 g/mol. The molecule has 1 atom stereocenters. The number of allylic oxidation sites excluding steroid dienone is 1. The van der Waals surface area contributed by atoms with Crippen LogP contribution in [0.2, 0.25) is 0 Å². The van der Waals surface area contributed by atoms with Crippen LogP contribution >= 0.6 is 11.3 Å². The van der Waals surface area contributed by atoms with Gasteiger partial charge in [0.05, 0.1) is 40.6 Å². The molecule has 1 aliphatic heterocycles. The van der Waals surface area contributed by atoms with Crippen LogP contribution in [0.3, 0.4) is 0 Å². The van der Waals surface area contributed by atoms with Gasteiger partial charge in [-0.05, 0) is 44.5 Å². The van der Waals surface area contributed by atoms with Gasteiger partial charge in [-0.1, -0.05) is 59.9 Å². The van der Waals surface area contributed by atoms with Crippen molar-refractivity contribution in [2.24, 2.45) is 4.99 Å². The minimum Gasteiger partial charge on any atom is -0.465 e. The van der Waals surface area contributed by atoms with E-state index in [0.29, 0.717) is 43.3 Å². The Labute approximate surface area is 228 Å². The number of esters is 2. The molecule has 4 aromatic rings. The number of benzene rings is 2. The van der Waals surface area contributed by atoms with Gasteiger partial charge in [0.25, 0.3) is 5.56 Å². The van der Waals surface area contributed by atoms with Crippen LogP contribution < -0.4 is 14.9 Å². The maximum atomic E-state index is 13.8. The van der Waals surface area contributed by atoms with Gasteiger partial charge in [0.1, 0.15) is 11.5 Å². The second kappa shape index (κ2) is 10.7. The molecule has 0 amide bonds. The number of carbonyl (C=O) groups excluding carboxylic acids is 2. The Morgan fingerprint density at radius 1 is 1.03 bits per heavy atom. The van der Waals surface area contributed by atoms with Crippen LogP contribution in [0, 0.1) is 0 Å². The highest BCUT2D eigenvalue weighted by atomic mass is 32.1. The van der Waals surface area contributed by atoms with Crippen LogP contribution in [0.25, 0.3) is 17.4 Å². The van der Waals surface area contributed by atoms with Crippen molar-refractivity contribution in [3.63, 3.8) is 0 Å². The summed E-state index contributed by atoms with van der Waals surface area (Å²) in [6.45, 7) is 5.31. The summed E-state index contributed by atoms with van der Waals surface area (Å²) in [6, 6.07) is 19.1. The van der Waals surface area contributed by atoms with E-state index in [9.17, 15) is 14.4 Å². The number of fused-ring (bicyclic) bond motifs is 1. The summed E-state index contributed by atoms with van der Waals surface area (Å²) in [4.78, 5) is 44.2. The molecule has 0 radical (unpaired) electrons. The fraction of sp³-hybridized carbons (Fsp3) is 0.200. The minimum atomic E-state index is -0.685. The van der Waals surface area contributed by atoms with E-state index in [1.54, 1.807) is 63.2 Å². The van der Waals surface area contributed by atoms with E-state index in [1.165, 1.54) is 23.0 Å². The molecule has 0 bridgehead atoms. The van der Waals surface area contributed by atoms with Crippen molar-refractivity contribution in [3.8, 4) is 11.3 Å². The number of thiazole rings is 1. The molecule has 0 saturated carbocycles. The Balaban J connectivity index is 1.61. The van der Waals surface area contributed by atoms with E-state index in [2.05, 4.69) is 4.99 Å². The van der Waals surface area contributed by atoms with Crippen molar-refractivity contribution in [1.82, 2.24) is 4.57 Å². The Bertz CT molecular complexity index is 1780. The molecular weight excluding hydrogens is 516 g/mol. The normalized spacial score (nSPS) is 15.2. The number of hydrogen-bond acceptors (Lipinski definition) is 8. The summed E-state index contributed by atoms with van der Waals surface area (Å²) in [5, 5.41) is 0. The molecule has 198 valence electrons. The molecule has 0 aliphatic carbocycles. The Morgan fingerprint density at radius 3 is 2.46 bits per heavy atom. The molecule has 2 aromatic heterocycles. The molecule has 1 unspecified atom stereocenters. The van der Waals surface area contributed by atoms with Crippen molar-refractivity contribution in [1.29, 1.82) is 0 Å². The standard InChI is InChI=1S/C30H26N2O6S/c1-17(2)37-29(35)25-18(3)31-30-32(26(25)19-10-6-5-7-11-19)27(33)24(39-30)16-20-14-15-23(38-20)21-12-8-9-13-22(21)28(34)36-4/h5-17,26H,1-4H3. The van der Waals surface area contributed by atoms with Crippen LogP contribution in [0.4, 0.5) is 0 Å². The second-order valence-electron chi connectivity index (χ2n) is 9.19. The van der Waals surface area contributed by atoms with Crippen LogP contribution in [0.5, 0.6) is 0 Å². The highest BCUT2D eigenvalue weighted by Gasteiger charge is 2.33. The molecule has 1 aliphatic rings. The summed E-state index contributed by atoms with van der Waals surface area (Å²) in [6.07, 6.45) is 1.32. The highest BCUT2D eigenvalue weighted by Crippen LogP contribution is 2.31. The number of carbonyl (C=O) groups is 2. The summed E-state index contributed by atoms with van der Waals surface area (Å²) in [5.74, 6) is -0.0811. The topological polar surface area (TPSA) is 100 Å². The lowest BCUT2D eigenvalue weighted by atomic mass is 9.96. The molecule has 0 fully saturated rings. The number of ether oxygens (including phenoxy) is 2. The third-order valence-electron chi connectivity index (χ3n) is 6.20. The van der Waals surface area contributed by atoms with E-state index in [0.717, 1.165) is 5.56 Å². The van der Waals surface area contributed by atoms with E-state index in [-0.39, 0.29) is 11.7 Å². The van der Waals surface area contributed by atoms with Crippen LogP contribution in [0.1, 0.15) is 48.5 Å². The summed E-state index contributed by atoms with van der Waals surface area (Å²) < 4.78 is 18.3. The fourth-order valence-corrected chi connectivity index (χ4v) is 5.53. The molecule has 0 saturated heterocycles. The van der Waals surface area contributed by atoms with Crippen molar-refractivity contribution >= 4 is 29.4 Å². The number of furan rings is 1. The lowest BCUT2D eigenvalue weighted by Gasteiger charge is -2.25. The lowest BCUT2D eigenvalue weighted by Crippen LogP contribution is -2.40. The third kappa shape index (κ3) is 5.00. The zero-order chi connectivity index (χ0) is 27.7. The van der Waals surface area contributed by atoms with E-state index < -0.39 is 18.0 Å². The predicted octanol–water partition coefficient (Wildman–Crippen LogP) is 4.23. The van der Waals surface area contributed by atoms with Crippen molar-refractivity contribution in [2.75, 3.05) is 7.11 Å². The van der Waals surface area contributed by atoms with Crippen molar-refractivity contribution < 1.29 is 23.5 Å². The van der Waals surface area contributed by atoms with Gasteiger partial charge in [-0.15, -0.1) is 0 Å². The van der Waals surface area contributed by atoms with Gasteiger partial charge in [0.2, 0.25) is 0 Å². The highest BCUT2D eigenvalue weighted by molar-refractivity contribution is 7.07. The molecule has 3 heterocycles. The van der Waals surface area contributed by atoms with Crippen LogP contribution in [-0.2, 0) is 14.3 Å². The van der Waals surface area contributed by atoms with Gasteiger partial charge in [0, 0.05) is 11.6 Å². The van der Waals surface area contributed by atoms with Crippen molar-refractivity contribution in [3.05, 3.63) is 115 Å². The summed E-state index contributed by atoms with van der Waals surface area (Å²) in [7, 11) is 1.32. The Morgan fingerprint density at radius 2 is 1.74 bits per heavy atom. The zero-order valence-electron chi connectivity index (χ0n) is 21.8. The SMILES string of the molecule is COC(=O)c1ccccc1-c1ccc(C=c2sc3n(c2=O)C(c2ccccc2)C(C(=O)OC(C)C)=C(C)N=3)o1. The molecule has 8 nitrogen and oxygen atoms in total. The first-order valence-electron chi connectivity index (χ1n) is 12.3. The smallest absolute Gasteiger partial charge is 0.338 e. The molecule has 0 spiro atoms. The molecular formula is C30H26N2O6S. The fourth-order valence-electron chi connectivity index (χ4n) is 4.50. The number of methoxy groups -OCH3 is 1. The van der Waals surface area contributed by atoms with Crippen LogP contribution in [0.15, 0.2) is 92.2 Å². The van der Waals surface area contributed by atoms with E-state index >= 15 is 0 Å². The molecule has 9 heteroatoms. The van der Waals surface area contributed by atoms with Crippen LogP contribution in [-0.4, -0.2) is 29.7 Å². The van der Waals surface area contributed by atoms with Gasteiger partial charge >= 0.3 is 11.9 Å². The maximum Gasteiger partial charge on any atom is 0.338 e. The minimum absolute atomic E-state index is 0.303. The number of hydrogen-bond donors (Lipinski definition) is 0. The third-order valence-corrected chi connectivity index (χ3v) is 7.18. The molecule has 39 heavy (non-hydrogen) atoms. The molecule has 2 aromatic carbocycles. The van der Waals surface area contributed by atoms with Gasteiger partial charge in [0.15, 0.2) is 4.80 Å². The molecule has 0 N–H and O–H groups in total. The maximum absolute atomic E-state index is 13.8. The first-order valence-corrected chi connectivity index (χ1v) is 13.2. The Hall–Kier alpha value is -4.50. The van der Waals surface area contributed by atoms with Gasteiger partial charge in [-0.3, -0.25) is 9.36 Å². The average Bonchev–Trinajstić information content (AvgIpc) is 3.51. The largest absolute Gasteiger partial charge is 0.465 e. The quantitative estimate of drug-likeness (QED) is 0.338. The van der Waals surface area contributed by atoms with E-state index in [1.807, 2.05) is 30.3 Å². The zero-order valence-corrected chi connectivity index (χ0v) is 22.7. The first-order chi connectivity index (χ1) is 18.8. The molecule has 5 rings (SSSR count). The van der Waals surface area contributed by atoms with Gasteiger partial charge < -0.3 is 13.9 Å². The summed E-state index contributed by atoms with van der Waals surface area (Å²) in [5.41, 5.74) is 2.26. The van der Waals surface area contributed by atoms with Gasteiger partial charge in [-0.25, -0.2) is 14.6 Å². The van der Waals surface area contributed by atoms with Gasteiger partial charge in [-0.2, -0.15) is 0 Å². The Kier molecular flexibility index (Phi) is 7.17. The number of nitrogens with zero attached hydrogens (tertiary/aromatic N) is 2. The number of aromatic nitrogens is 1. The van der Waals surface area contributed by atoms with Crippen molar-refractivity contribution in [2.45, 2.75) is 32.9 Å². The second-order valence-corrected chi connectivity index (χ2v) is 10.2. The summed E-state index contributed by atoms with van der Waals surface area (Å²) >= 11 is 1.21. The monoisotopic (exact) mass is 542 g/mol. The first kappa shape index (κ1) is 26.1.